The predicted molar refractivity (Wildman–Crippen MR) is 57.1 cm³/mol. The van der Waals surface area contributed by atoms with E-state index in [-0.39, 0.29) is 16.3 Å². The molecule has 3 N–H and O–H groups in total. The second-order valence-electron chi connectivity index (χ2n) is 3.18. The van der Waals surface area contributed by atoms with E-state index >= 15 is 0 Å². The maximum absolute atomic E-state index is 13.5. The van der Waals surface area contributed by atoms with Crippen molar-refractivity contribution >= 4 is 17.6 Å². The van der Waals surface area contributed by atoms with Gasteiger partial charge in [0.2, 0.25) is 0 Å². The Labute approximate surface area is 96.8 Å². The van der Waals surface area contributed by atoms with E-state index in [2.05, 4.69) is 0 Å². The van der Waals surface area contributed by atoms with E-state index in [1.807, 2.05) is 0 Å². The number of nitrogens with two attached hydrogens (primary N) is 1. The van der Waals surface area contributed by atoms with Crippen LogP contribution in [0, 0.1) is 5.82 Å². The van der Waals surface area contributed by atoms with Crippen molar-refractivity contribution in [3.8, 4) is 5.75 Å². The van der Waals surface area contributed by atoms with E-state index in [1.165, 1.54) is 13.2 Å². The monoisotopic (exact) mass is 247 g/mol. The summed E-state index contributed by atoms with van der Waals surface area (Å²) in [6, 6.07) is 1.46. The number of carbonyl (C=O) groups is 1. The first-order chi connectivity index (χ1) is 7.47. The highest BCUT2D eigenvalue weighted by molar-refractivity contribution is 6.32. The number of carboxylic acids is 1. The number of halogens is 2. The highest BCUT2D eigenvalue weighted by atomic mass is 35.5. The Hall–Kier alpha value is -1.33. The van der Waals surface area contributed by atoms with Crippen LogP contribution in [0.4, 0.5) is 4.39 Å². The van der Waals surface area contributed by atoms with E-state index in [0.29, 0.717) is 0 Å². The van der Waals surface area contributed by atoms with Crippen LogP contribution >= 0.6 is 11.6 Å². The van der Waals surface area contributed by atoms with Crippen LogP contribution in [0.5, 0.6) is 5.75 Å². The van der Waals surface area contributed by atoms with Crippen LogP contribution in [-0.4, -0.2) is 18.2 Å². The van der Waals surface area contributed by atoms with Crippen molar-refractivity contribution in [2.75, 3.05) is 7.11 Å². The molecule has 0 aliphatic heterocycles. The fourth-order valence-corrected chi connectivity index (χ4v) is 1.63. The predicted octanol–water partition coefficient (Wildman–Crippen LogP) is 1.96. The third-order valence-electron chi connectivity index (χ3n) is 2.06. The molecule has 0 amide bonds. The molecule has 0 aliphatic carbocycles. The zero-order chi connectivity index (χ0) is 12.3. The molecule has 1 atom stereocenters. The molecule has 1 aromatic carbocycles. The van der Waals surface area contributed by atoms with Gasteiger partial charge in [0.15, 0.2) is 0 Å². The van der Waals surface area contributed by atoms with Gasteiger partial charge in [-0.25, -0.2) is 4.39 Å². The Morgan fingerprint density at radius 3 is 2.81 bits per heavy atom. The molecule has 0 fully saturated rings. The molecule has 0 aliphatic rings. The summed E-state index contributed by atoms with van der Waals surface area (Å²) >= 11 is 5.79. The summed E-state index contributed by atoms with van der Waals surface area (Å²) in [6.45, 7) is 0. The smallest absolute Gasteiger partial charge is 0.305 e. The van der Waals surface area contributed by atoms with Crippen LogP contribution in [-0.2, 0) is 4.79 Å². The van der Waals surface area contributed by atoms with Gasteiger partial charge in [-0.3, -0.25) is 4.79 Å². The molecule has 0 saturated heterocycles. The molecule has 6 heteroatoms. The van der Waals surface area contributed by atoms with Gasteiger partial charge < -0.3 is 15.6 Å². The molecule has 0 bridgehead atoms. The largest absolute Gasteiger partial charge is 0.495 e. The van der Waals surface area contributed by atoms with Crippen molar-refractivity contribution in [1.82, 2.24) is 0 Å². The standard InChI is InChI=1S/C10H11ClFNO3/c1-16-10-5(11)2-3-6(12)9(10)7(13)4-8(14)15/h2-3,7H,4,13H2,1H3,(H,14,15). The lowest BCUT2D eigenvalue weighted by atomic mass is 10.0. The molecule has 1 unspecified atom stereocenters. The van der Waals surface area contributed by atoms with E-state index < -0.39 is 24.2 Å². The maximum atomic E-state index is 13.5. The minimum atomic E-state index is -1.12. The van der Waals surface area contributed by atoms with Crippen molar-refractivity contribution in [3.05, 3.63) is 28.5 Å². The average molecular weight is 248 g/mol. The number of hydrogen-bond acceptors (Lipinski definition) is 3. The summed E-state index contributed by atoms with van der Waals surface area (Å²) in [5.74, 6) is -1.67. The Morgan fingerprint density at radius 1 is 1.69 bits per heavy atom. The topological polar surface area (TPSA) is 72.5 Å². The summed E-state index contributed by atoms with van der Waals surface area (Å²) in [4.78, 5) is 10.5. The van der Waals surface area contributed by atoms with Gasteiger partial charge in [-0.15, -0.1) is 0 Å². The first kappa shape index (κ1) is 12.7. The quantitative estimate of drug-likeness (QED) is 0.853. The Morgan fingerprint density at radius 2 is 2.31 bits per heavy atom. The molecular weight excluding hydrogens is 237 g/mol. The Balaban J connectivity index is 3.19. The molecule has 88 valence electrons. The first-order valence-corrected chi connectivity index (χ1v) is 4.84. The van der Waals surface area contributed by atoms with Gasteiger partial charge in [-0.2, -0.15) is 0 Å². The van der Waals surface area contributed by atoms with E-state index in [1.54, 1.807) is 0 Å². The third kappa shape index (κ3) is 2.62. The van der Waals surface area contributed by atoms with Crippen LogP contribution in [0.2, 0.25) is 5.02 Å². The number of methoxy groups -OCH3 is 1. The van der Waals surface area contributed by atoms with Gasteiger partial charge in [0.1, 0.15) is 11.6 Å². The van der Waals surface area contributed by atoms with Crippen molar-refractivity contribution < 1.29 is 19.0 Å². The number of rotatable bonds is 4. The zero-order valence-electron chi connectivity index (χ0n) is 8.54. The van der Waals surface area contributed by atoms with Gasteiger partial charge in [-0.1, -0.05) is 11.6 Å². The number of hydrogen-bond donors (Lipinski definition) is 2. The maximum Gasteiger partial charge on any atom is 0.305 e. The summed E-state index contributed by atoms with van der Waals surface area (Å²) in [5, 5.41) is 8.79. The Kier molecular flexibility index (Phi) is 4.09. The summed E-state index contributed by atoms with van der Waals surface area (Å²) in [6.07, 6.45) is -0.395. The summed E-state index contributed by atoms with van der Waals surface area (Å²) < 4.78 is 18.4. The Bertz CT molecular complexity index is 411. The molecular formula is C10H11ClFNO3. The van der Waals surface area contributed by atoms with Crippen molar-refractivity contribution in [2.24, 2.45) is 5.73 Å². The molecule has 1 rings (SSSR count). The normalized spacial score (nSPS) is 12.2. The number of ether oxygens (including phenoxy) is 1. The van der Waals surface area contributed by atoms with Gasteiger partial charge in [0, 0.05) is 11.6 Å². The molecule has 4 nitrogen and oxygen atoms in total. The lowest BCUT2D eigenvalue weighted by molar-refractivity contribution is -0.137. The molecule has 0 saturated carbocycles. The minimum absolute atomic E-state index is 0.0163. The number of benzene rings is 1. The van der Waals surface area contributed by atoms with Crippen LogP contribution in [0.1, 0.15) is 18.0 Å². The summed E-state index contributed by atoms with van der Waals surface area (Å²) in [5.41, 5.74) is 5.57. The molecule has 1 aromatic rings. The molecule has 0 aromatic heterocycles. The number of aliphatic carboxylic acids is 1. The van der Waals surface area contributed by atoms with Crippen molar-refractivity contribution in [2.45, 2.75) is 12.5 Å². The van der Waals surface area contributed by atoms with Crippen LogP contribution in [0.3, 0.4) is 0 Å². The van der Waals surface area contributed by atoms with Crippen LogP contribution < -0.4 is 10.5 Å². The number of carboxylic acid groups (broad SMARTS) is 1. The highest BCUT2D eigenvalue weighted by Crippen LogP contribution is 2.34. The van der Waals surface area contributed by atoms with Crippen LogP contribution in [0.25, 0.3) is 0 Å². The van der Waals surface area contributed by atoms with E-state index in [9.17, 15) is 9.18 Å². The second-order valence-corrected chi connectivity index (χ2v) is 3.59. The summed E-state index contributed by atoms with van der Waals surface area (Å²) in [7, 11) is 1.32. The molecule has 0 radical (unpaired) electrons. The van der Waals surface area contributed by atoms with Crippen molar-refractivity contribution in [3.63, 3.8) is 0 Å². The van der Waals surface area contributed by atoms with Crippen molar-refractivity contribution in [1.29, 1.82) is 0 Å². The highest BCUT2D eigenvalue weighted by Gasteiger charge is 2.21. The van der Waals surface area contributed by atoms with E-state index in [0.717, 1.165) is 6.07 Å². The molecule has 0 heterocycles. The fraction of sp³-hybridized carbons (Fsp3) is 0.300. The minimum Gasteiger partial charge on any atom is -0.495 e. The fourth-order valence-electron chi connectivity index (χ4n) is 1.39. The lowest BCUT2D eigenvalue weighted by Gasteiger charge is -2.15. The van der Waals surface area contributed by atoms with Gasteiger partial charge in [-0.05, 0) is 12.1 Å². The molecule has 16 heavy (non-hydrogen) atoms. The second kappa shape index (κ2) is 5.14. The van der Waals surface area contributed by atoms with Gasteiger partial charge in [0.05, 0.1) is 18.6 Å². The van der Waals surface area contributed by atoms with Crippen LogP contribution in [0.15, 0.2) is 12.1 Å². The lowest BCUT2D eigenvalue weighted by Crippen LogP contribution is -2.17. The first-order valence-electron chi connectivity index (χ1n) is 4.46. The third-order valence-corrected chi connectivity index (χ3v) is 2.36. The van der Waals surface area contributed by atoms with Gasteiger partial charge in [0.25, 0.3) is 0 Å². The van der Waals surface area contributed by atoms with Gasteiger partial charge >= 0.3 is 5.97 Å². The van der Waals surface area contributed by atoms with E-state index in [4.69, 9.17) is 27.2 Å². The SMILES string of the molecule is COc1c(Cl)ccc(F)c1C(N)CC(=O)O. The molecule has 0 spiro atoms. The average Bonchev–Trinajstić information content (AvgIpc) is 2.19. The zero-order valence-corrected chi connectivity index (χ0v) is 9.29.